The average Bonchev–Trinajstić information content (AvgIpc) is 2.72. The highest BCUT2D eigenvalue weighted by molar-refractivity contribution is 7.20. The highest BCUT2D eigenvalue weighted by Crippen LogP contribution is 2.27. The monoisotopic (exact) mass is 323 g/mol. The Kier molecular flexibility index (Phi) is 3.82. The van der Waals surface area contributed by atoms with Crippen LogP contribution in [0.5, 0.6) is 0 Å². The molecular formula is C14H17N3O4S. The number of aryl methyl sites for hydroxylation is 2. The van der Waals surface area contributed by atoms with Crippen LogP contribution in [0.25, 0.3) is 10.2 Å². The fourth-order valence-corrected chi connectivity index (χ4v) is 3.09. The largest absolute Gasteiger partial charge is 0.480 e. The third-order valence-corrected chi connectivity index (χ3v) is 4.75. The summed E-state index contributed by atoms with van der Waals surface area (Å²) in [7, 11) is 1.62. The molecule has 2 heterocycles. The van der Waals surface area contributed by atoms with Gasteiger partial charge in [0, 0.05) is 7.05 Å². The molecule has 22 heavy (non-hydrogen) atoms. The molecule has 1 amide bonds. The van der Waals surface area contributed by atoms with Gasteiger partial charge in [-0.1, -0.05) is 0 Å². The van der Waals surface area contributed by atoms with E-state index in [0.29, 0.717) is 26.5 Å². The van der Waals surface area contributed by atoms with E-state index in [1.54, 1.807) is 20.9 Å². The molecule has 8 heteroatoms. The van der Waals surface area contributed by atoms with Crippen LogP contribution in [-0.4, -0.2) is 32.1 Å². The smallest absolute Gasteiger partial charge is 0.328 e. The molecule has 0 spiro atoms. The van der Waals surface area contributed by atoms with Crippen molar-refractivity contribution >= 4 is 33.4 Å². The zero-order valence-electron chi connectivity index (χ0n) is 13.0. The van der Waals surface area contributed by atoms with Crippen molar-refractivity contribution in [3.05, 3.63) is 26.6 Å². The molecule has 0 aliphatic carbocycles. The van der Waals surface area contributed by atoms with Gasteiger partial charge in [-0.05, 0) is 33.3 Å². The summed E-state index contributed by atoms with van der Waals surface area (Å²) < 4.78 is 1.42. The maximum Gasteiger partial charge on any atom is 0.328 e. The number of carbonyl (C=O) groups is 2. The van der Waals surface area contributed by atoms with Crippen LogP contribution in [0, 0.1) is 13.8 Å². The van der Waals surface area contributed by atoms with Gasteiger partial charge in [0.2, 0.25) is 0 Å². The molecule has 0 fully saturated rings. The third-order valence-electron chi connectivity index (χ3n) is 3.56. The van der Waals surface area contributed by atoms with Crippen LogP contribution in [-0.2, 0) is 11.8 Å². The number of fused-ring (bicyclic) bond motifs is 1. The van der Waals surface area contributed by atoms with Gasteiger partial charge in [0.05, 0.1) is 10.3 Å². The number of aliphatic carboxylic acids is 1. The number of aromatic nitrogens is 2. The first-order valence-electron chi connectivity index (χ1n) is 6.59. The topological polar surface area (TPSA) is 101 Å². The van der Waals surface area contributed by atoms with Gasteiger partial charge in [0.15, 0.2) is 0 Å². The van der Waals surface area contributed by atoms with Crippen molar-refractivity contribution in [3.8, 4) is 0 Å². The Morgan fingerprint density at radius 2 is 1.91 bits per heavy atom. The Labute approximate surface area is 130 Å². The van der Waals surface area contributed by atoms with Crippen molar-refractivity contribution in [2.24, 2.45) is 7.05 Å². The van der Waals surface area contributed by atoms with Crippen LogP contribution in [0.1, 0.15) is 34.9 Å². The summed E-state index contributed by atoms with van der Waals surface area (Å²) in [5, 5.41) is 11.9. The van der Waals surface area contributed by atoms with E-state index < -0.39 is 17.4 Å². The zero-order valence-corrected chi connectivity index (χ0v) is 13.8. The van der Waals surface area contributed by atoms with Crippen molar-refractivity contribution in [2.45, 2.75) is 33.2 Å². The fraction of sp³-hybridized carbons (Fsp3) is 0.429. The Morgan fingerprint density at radius 3 is 2.45 bits per heavy atom. The van der Waals surface area contributed by atoms with Crippen molar-refractivity contribution < 1.29 is 14.7 Å². The summed E-state index contributed by atoms with van der Waals surface area (Å²) >= 11 is 1.09. The van der Waals surface area contributed by atoms with E-state index in [-0.39, 0.29) is 5.56 Å². The van der Waals surface area contributed by atoms with E-state index in [2.05, 4.69) is 10.3 Å². The van der Waals surface area contributed by atoms with Gasteiger partial charge in [-0.3, -0.25) is 14.2 Å². The van der Waals surface area contributed by atoms with Crippen LogP contribution in [0.2, 0.25) is 0 Å². The second-order valence-electron chi connectivity index (χ2n) is 5.64. The molecule has 118 valence electrons. The number of carbonyl (C=O) groups excluding carboxylic acids is 1. The van der Waals surface area contributed by atoms with Crippen LogP contribution < -0.4 is 10.9 Å². The minimum absolute atomic E-state index is 0.215. The van der Waals surface area contributed by atoms with Gasteiger partial charge in [0.25, 0.3) is 11.5 Å². The molecule has 7 nitrogen and oxygen atoms in total. The van der Waals surface area contributed by atoms with E-state index in [9.17, 15) is 14.4 Å². The van der Waals surface area contributed by atoms with E-state index >= 15 is 0 Å². The Hall–Kier alpha value is -2.22. The molecule has 0 aliphatic rings. The lowest BCUT2D eigenvalue weighted by Gasteiger charge is -2.20. The average molecular weight is 323 g/mol. The summed E-state index contributed by atoms with van der Waals surface area (Å²) in [4.78, 5) is 40.9. The lowest BCUT2D eigenvalue weighted by molar-refractivity contribution is -0.143. The lowest BCUT2D eigenvalue weighted by atomic mass is 10.1. The minimum Gasteiger partial charge on any atom is -0.480 e. The molecule has 2 N–H and O–H groups in total. The molecule has 0 aromatic carbocycles. The molecule has 0 radical (unpaired) electrons. The van der Waals surface area contributed by atoms with E-state index in [1.165, 1.54) is 18.4 Å². The maximum absolute atomic E-state index is 12.3. The molecule has 0 unspecified atom stereocenters. The van der Waals surface area contributed by atoms with E-state index in [4.69, 9.17) is 5.11 Å². The van der Waals surface area contributed by atoms with Gasteiger partial charge in [-0.2, -0.15) is 0 Å². The predicted octanol–water partition coefficient (Wildman–Crippen LogP) is 1.20. The van der Waals surface area contributed by atoms with Gasteiger partial charge in [-0.15, -0.1) is 11.3 Å². The normalized spacial score (nSPS) is 11.7. The fourth-order valence-electron chi connectivity index (χ4n) is 1.98. The van der Waals surface area contributed by atoms with Crippen LogP contribution in [0.4, 0.5) is 0 Å². The molecule has 2 aromatic heterocycles. The molecule has 0 aliphatic heterocycles. The third kappa shape index (κ3) is 2.50. The summed E-state index contributed by atoms with van der Waals surface area (Å²) in [6.07, 6.45) is 0. The second-order valence-corrected chi connectivity index (χ2v) is 6.64. The molecule has 0 saturated carbocycles. The van der Waals surface area contributed by atoms with Crippen molar-refractivity contribution in [1.29, 1.82) is 0 Å². The number of carboxylic acids is 1. The first-order valence-corrected chi connectivity index (χ1v) is 7.40. The Balaban J connectivity index is 2.56. The number of nitrogens with one attached hydrogen (secondary N) is 1. The number of carboxylic acid groups (broad SMARTS) is 1. The molecular weight excluding hydrogens is 306 g/mol. The predicted molar refractivity (Wildman–Crippen MR) is 83.5 cm³/mol. The number of hydrogen-bond acceptors (Lipinski definition) is 5. The number of thiophene rings is 1. The molecule has 0 atom stereocenters. The first kappa shape index (κ1) is 16.2. The quantitative estimate of drug-likeness (QED) is 0.884. The number of hydrogen-bond donors (Lipinski definition) is 2. The van der Waals surface area contributed by atoms with Gasteiger partial charge in [-0.25, -0.2) is 9.78 Å². The number of rotatable bonds is 3. The highest BCUT2D eigenvalue weighted by Gasteiger charge is 2.31. The molecule has 0 saturated heterocycles. The first-order chi connectivity index (χ1) is 10.1. The zero-order chi connectivity index (χ0) is 16.8. The van der Waals surface area contributed by atoms with Crippen LogP contribution in [0.15, 0.2) is 4.79 Å². The second kappa shape index (κ2) is 5.20. The number of amides is 1. The number of nitrogens with zero attached hydrogens (tertiary/aromatic N) is 2. The molecule has 2 rings (SSSR count). The van der Waals surface area contributed by atoms with Crippen LogP contribution >= 0.6 is 11.3 Å². The minimum atomic E-state index is -1.39. The lowest BCUT2D eigenvalue weighted by Crippen LogP contribution is -2.49. The maximum atomic E-state index is 12.3. The summed E-state index contributed by atoms with van der Waals surface area (Å²) in [6.45, 7) is 6.18. The highest BCUT2D eigenvalue weighted by atomic mass is 32.1. The van der Waals surface area contributed by atoms with Crippen molar-refractivity contribution in [2.75, 3.05) is 0 Å². The standard InChI is InChI=1S/C14H17N3O4S/c1-6-8-11(15-7(2)17(5)12(8)19)22-9(6)10(18)16-14(3,4)13(20)21/h1-5H3,(H,16,18)(H,20,21). The van der Waals surface area contributed by atoms with E-state index in [1.807, 2.05) is 0 Å². The Morgan fingerprint density at radius 1 is 1.32 bits per heavy atom. The summed E-state index contributed by atoms with van der Waals surface area (Å²) in [5.41, 5.74) is -1.09. The van der Waals surface area contributed by atoms with Gasteiger partial charge >= 0.3 is 5.97 Å². The molecule has 2 aromatic rings. The van der Waals surface area contributed by atoms with Crippen molar-refractivity contribution in [1.82, 2.24) is 14.9 Å². The van der Waals surface area contributed by atoms with Gasteiger partial charge in [0.1, 0.15) is 16.2 Å². The van der Waals surface area contributed by atoms with Crippen molar-refractivity contribution in [3.63, 3.8) is 0 Å². The Bertz CT molecular complexity index is 848. The summed E-state index contributed by atoms with van der Waals surface area (Å²) in [6, 6.07) is 0. The molecule has 0 bridgehead atoms. The SMILES string of the molecule is Cc1c(C(=O)NC(C)(C)C(=O)O)sc2nc(C)n(C)c(=O)c12. The van der Waals surface area contributed by atoms with Crippen LogP contribution in [0.3, 0.4) is 0 Å². The van der Waals surface area contributed by atoms with E-state index in [0.717, 1.165) is 11.3 Å². The summed E-state index contributed by atoms with van der Waals surface area (Å²) in [5.74, 6) is -1.10. The van der Waals surface area contributed by atoms with Gasteiger partial charge < -0.3 is 10.4 Å².